The Morgan fingerprint density at radius 3 is 2.50 bits per heavy atom. The van der Waals surface area contributed by atoms with Crippen LogP contribution in [0.4, 0.5) is 0 Å². The van der Waals surface area contributed by atoms with Crippen LogP contribution in [0.3, 0.4) is 0 Å². The van der Waals surface area contributed by atoms with Gasteiger partial charge in [-0.05, 0) is 36.2 Å². The monoisotopic (exact) mass is 419 g/mol. The van der Waals surface area contributed by atoms with Crippen LogP contribution >= 0.6 is 23.2 Å². The van der Waals surface area contributed by atoms with E-state index in [4.69, 9.17) is 27.9 Å². The fraction of sp³-hybridized carbons (Fsp3) is 0.381. The molecule has 1 aliphatic rings. The number of rotatable bonds is 6. The van der Waals surface area contributed by atoms with E-state index in [0.717, 1.165) is 62.3 Å². The summed E-state index contributed by atoms with van der Waals surface area (Å²) in [7, 11) is 0. The summed E-state index contributed by atoms with van der Waals surface area (Å²) in [5.41, 5.74) is 2.04. The highest BCUT2D eigenvalue weighted by Crippen LogP contribution is 2.24. The van der Waals surface area contributed by atoms with E-state index in [9.17, 15) is 4.79 Å². The standard InChI is InChI=1S/C21H23Cl2N3O2/c22-18-3-2-16(14-19(18)23)15-26-8-4-17-20(26)5-9-25(21(17)27)7-1-6-24-10-12-28-13-11-24/h2-5,8-9,14H,1,6-7,10-13,15H2. The molecule has 0 unspecified atom stereocenters. The molecule has 3 heterocycles. The molecule has 0 saturated carbocycles. The van der Waals surface area contributed by atoms with Gasteiger partial charge in [-0.25, -0.2) is 0 Å². The summed E-state index contributed by atoms with van der Waals surface area (Å²) in [6.07, 6.45) is 4.80. The molecular formula is C21H23Cl2N3O2. The molecule has 28 heavy (non-hydrogen) atoms. The van der Waals surface area contributed by atoms with Crippen molar-refractivity contribution in [2.45, 2.75) is 19.5 Å². The Balaban J connectivity index is 1.47. The van der Waals surface area contributed by atoms with Gasteiger partial charge in [-0.3, -0.25) is 9.69 Å². The van der Waals surface area contributed by atoms with Gasteiger partial charge in [-0.15, -0.1) is 0 Å². The Bertz CT molecular complexity index is 1020. The lowest BCUT2D eigenvalue weighted by atomic mass is 10.2. The topological polar surface area (TPSA) is 39.4 Å². The van der Waals surface area contributed by atoms with Crippen LogP contribution in [0.15, 0.2) is 47.5 Å². The second-order valence-corrected chi connectivity index (χ2v) is 7.93. The molecule has 0 atom stereocenters. The largest absolute Gasteiger partial charge is 0.379 e. The minimum absolute atomic E-state index is 0.0624. The molecule has 4 rings (SSSR count). The molecule has 0 aliphatic carbocycles. The van der Waals surface area contributed by atoms with E-state index < -0.39 is 0 Å². The van der Waals surface area contributed by atoms with Gasteiger partial charge >= 0.3 is 0 Å². The number of morpholine rings is 1. The summed E-state index contributed by atoms with van der Waals surface area (Å²) in [4.78, 5) is 15.2. The first-order valence-electron chi connectivity index (χ1n) is 9.54. The third-order valence-electron chi connectivity index (χ3n) is 5.22. The van der Waals surface area contributed by atoms with Crippen molar-refractivity contribution in [2.24, 2.45) is 0 Å². The summed E-state index contributed by atoms with van der Waals surface area (Å²) in [5, 5.41) is 1.83. The maximum Gasteiger partial charge on any atom is 0.259 e. The molecule has 5 nitrogen and oxygen atoms in total. The van der Waals surface area contributed by atoms with E-state index in [1.54, 1.807) is 6.07 Å². The first-order chi connectivity index (χ1) is 13.6. The van der Waals surface area contributed by atoms with Crippen molar-refractivity contribution >= 4 is 34.1 Å². The minimum atomic E-state index is 0.0624. The van der Waals surface area contributed by atoms with E-state index in [2.05, 4.69) is 9.47 Å². The average molecular weight is 420 g/mol. The van der Waals surface area contributed by atoms with Crippen LogP contribution in [0.5, 0.6) is 0 Å². The number of halogens is 2. The highest BCUT2D eigenvalue weighted by atomic mass is 35.5. The Hall–Kier alpha value is -1.79. The van der Waals surface area contributed by atoms with Crippen LogP contribution in [0.2, 0.25) is 10.0 Å². The molecule has 0 spiro atoms. The maximum atomic E-state index is 12.9. The Morgan fingerprint density at radius 1 is 0.929 bits per heavy atom. The number of aryl methyl sites for hydroxylation is 1. The van der Waals surface area contributed by atoms with Crippen molar-refractivity contribution in [1.29, 1.82) is 0 Å². The second-order valence-electron chi connectivity index (χ2n) is 7.11. The lowest BCUT2D eigenvalue weighted by Gasteiger charge is -2.26. The van der Waals surface area contributed by atoms with Gasteiger partial charge in [0.1, 0.15) is 0 Å². The molecule has 0 bridgehead atoms. The highest BCUT2D eigenvalue weighted by molar-refractivity contribution is 6.42. The first kappa shape index (κ1) is 19.5. The molecule has 3 aromatic rings. The number of nitrogens with zero attached hydrogens (tertiary/aromatic N) is 3. The fourth-order valence-corrected chi connectivity index (χ4v) is 3.99. The minimum Gasteiger partial charge on any atom is -0.379 e. The molecule has 148 valence electrons. The molecule has 0 N–H and O–H groups in total. The lowest BCUT2D eigenvalue weighted by molar-refractivity contribution is 0.0369. The van der Waals surface area contributed by atoms with Crippen LogP contribution in [0, 0.1) is 0 Å². The van der Waals surface area contributed by atoms with E-state index in [0.29, 0.717) is 16.6 Å². The van der Waals surface area contributed by atoms with Crippen molar-refractivity contribution in [1.82, 2.24) is 14.0 Å². The molecule has 1 aliphatic heterocycles. The summed E-state index contributed by atoms with van der Waals surface area (Å²) in [5.74, 6) is 0. The van der Waals surface area contributed by atoms with Gasteiger partial charge in [0.15, 0.2) is 0 Å². The van der Waals surface area contributed by atoms with Gasteiger partial charge in [-0.1, -0.05) is 29.3 Å². The predicted molar refractivity (Wildman–Crippen MR) is 114 cm³/mol. The highest BCUT2D eigenvalue weighted by Gasteiger charge is 2.11. The van der Waals surface area contributed by atoms with Crippen molar-refractivity contribution in [3.05, 3.63) is 68.7 Å². The first-order valence-corrected chi connectivity index (χ1v) is 10.3. The van der Waals surface area contributed by atoms with Gasteiger partial charge in [0.2, 0.25) is 0 Å². The van der Waals surface area contributed by atoms with E-state index in [1.807, 2.05) is 41.2 Å². The molecular weight excluding hydrogens is 397 g/mol. The SMILES string of the molecule is O=c1c2ccn(Cc3ccc(Cl)c(Cl)c3)c2ccn1CCCN1CCOCC1. The van der Waals surface area contributed by atoms with Crippen molar-refractivity contribution in [2.75, 3.05) is 32.8 Å². The predicted octanol–water partition coefficient (Wildman–Crippen LogP) is 3.88. The number of aromatic nitrogens is 2. The summed E-state index contributed by atoms with van der Waals surface area (Å²) < 4.78 is 9.25. The molecule has 1 saturated heterocycles. The second kappa shape index (κ2) is 8.70. The van der Waals surface area contributed by atoms with Gasteiger partial charge in [0, 0.05) is 45.1 Å². The third kappa shape index (κ3) is 4.28. The molecule has 7 heteroatoms. The van der Waals surface area contributed by atoms with Gasteiger partial charge in [0.05, 0.1) is 34.2 Å². The van der Waals surface area contributed by atoms with Crippen molar-refractivity contribution in [3.8, 4) is 0 Å². The number of hydrogen-bond acceptors (Lipinski definition) is 3. The van der Waals surface area contributed by atoms with Crippen molar-refractivity contribution < 1.29 is 4.74 Å². The quantitative estimate of drug-likeness (QED) is 0.608. The number of fused-ring (bicyclic) bond motifs is 1. The zero-order valence-electron chi connectivity index (χ0n) is 15.6. The number of benzene rings is 1. The Kier molecular flexibility index (Phi) is 6.07. The van der Waals surface area contributed by atoms with E-state index >= 15 is 0 Å². The number of ether oxygens (including phenoxy) is 1. The molecule has 2 aromatic heterocycles. The summed E-state index contributed by atoms with van der Waals surface area (Å²) in [6.45, 7) is 5.92. The number of hydrogen-bond donors (Lipinski definition) is 0. The summed E-state index contributed by atoms with van der Waals surface area (Å²) in [6, 6.07) is 9.53. The maximum absolute atomic E-state index is 12.9. The van der Waals surface area contributed by atoms with Crippen LogP contribution in [0.1, 0.15) is 12.0 Å². The molecule has 1 aromatic carbocycles. The zero-order chi connectivity index (χ0) is 19.5. The van der Waals surface area contributed by atoms with Crippen LogP contribution in [-0.2, 0) is 17.8 Å². The Morgan fingerprint density at radius 2 is 1.71 bits per heavy atom. The van der Waals surface area contributed by atoms with Crippen LogP contribution in [0.25, 0.3) is 10.9 Å². The Labute approximate surface area is 174 Å². The van der Waals surface area contributed by atoms with Gasteiger partial charge < -0.3 is 13.9 Å². The average Bonchev–Trinajstić information content (AvgIpc) is 3.11. The molecule has 1 fully saturated rings. The van der Waals surface area contributed by atoms with Crippen LogP contribution < -0.4 is 5.56 Å². The molecule has 0 amide bonds. The third-order valence-corrected chi connectivity index (χ3v) is 5.96. The van der Waals surface area contributed by atoms with E-state index in [-0.39, 0.29) is 5.56 Å². The lowest BCUT2D eigenvalue weighted by Crippen LogP contribution is -2.37. The fourth-order valence-electron chi connectivity index (χ4n) is 3.67. The summed E-state index contributed by atoms with van der Waals surface area (Å²) >= 11 is 12.1. The van der Waals surface area contributed by atoms with Gasteiger partial charge in [0.25, 0.3) is 5.56 Å². The van der Waals surface area contributed by atoms with Crippen LogP contribution in [-0.4, -0.2) is 46.9 Å². The molecule has 0 radical (unpaired) electrons. The zero-order valence-corrected chi connectivity index (χ0v) is 17.1. The van der Waals surface area contributed by atoms with E-state index in [1.165, 1.54) is 0 Å². The van der Waals surface area contributed by atoms with Crippen molar-refractivity contribution in [3.63, 3.8) is 0 Å². The normalized spacial score (nSPS) is 15.4. The van der Waals surface area contributed by atoms with Gasteiger partial charge in [-0.2, -0.15) is 0 Å². The number of pyridine rings is 1. The smallest absolute Gasteiger partial charge is 0.259 e.